The van der Waals surface area contributed by atoms with Gasteiger partial charge in [-0.25, -0.2) is 14.8 Å². The molecule has 2 fully saturated rings. The molecule has 4 amide bonds. The number of benzene rings is 3. The summed E-state index contributed by atoms with van der Waals surface area (Å²) in [7, 11) is -5.26. The Labute approximate surface area is 337 Å². The summed E-state index contributed by atoms with van der Waals surface area (Å²) in [5, 5.41) is 9.02. The van der Waals surface area contributed by atoms with E-state index in [9.17, 15) is 28.7 Å². The van der Waals surface area contributed by atoms with E-state index in [0.717, 1.165) is 21.2 Å². The number of fused-ring (bicyclic) bond motifs is 2. The third kappa shape index (κ3) is 9.19. The maximum atomic E-state index is 14.3. The number of anilines is 1. The van der Waals surface area contributed by atoms with E-state index in [0.29, 0.717) is 11.3 Å². The largest absolute Gasteiger partial charge is 1.00 e. The minimum Gasteiger partial charge on any atom is -0.780 e. The molecule has 3 aromatic carbocycles. The molecule has 0 spiro atoms. The molecule has 3 N–H and O–H groups in total. The van der Waals surface area contributed by atoms with Gasteiger partial charge in [0.1, 0.15) is 25.8 Å². The van der Waals surface area contributed by atoms with Crippen molar-refractivity contribution >= 4 is 52.8 Å². The minimum absolute atomic E-state index is 0. The fourth-order valence-electron chi connectivity index (χ4n) is 6.16. The topological polar surface area (TPSA) is 175 Å². The van der Waals surface area contributed by atoms with E-state index in [1.54, 1.807) is 22.1 Å². The van der Waals surface area contributed by atoms with Gasteiger partial charge in [0.25, 0.3) is 0 Å². The molecule has 0 unspecified atom stereocenters. The zero-order valence-corrected chi connectivity index (χ0v) is 33.5. The number of thiophene rings is 1. The van der Waals surface area contributed by atoms with Crippen molar-refractivity contribution in [2.45, 2.75) is 31.7 Å². The normalized spacial score (nSPS) is 17.8. The number of piperazine rings is 1. The Morgan fingerprint density at radius 1 is 1.06 bits per heavy atom. The number of nitrogens with zero attached hydrogens (tertiary/aromatic N) is 4. The van der Waals surface area contributed by atoms with Gasteiger partial charge in [0.2, 0.25) is 11.8 Å². The van der Waals surface area contributed by atoms with Crippen LogP contribution < -0.4 is 84.5 Å². The van der Waals surface area contributed by atoms with Gasteiger partial charge < -0.3 is 39.7 Å². The molecule has 17 heteroatoms. The minimum atomic E-state index is -5.26. The van der Waals surface area contributed by atoms with Crippen molar-refractivity contribution in [1.29, 1.82) is 0 Å². The molecule has 3 heterocycles. The van der Waals surface area contributed by atoms with Crippen LogP contribution in [0.25, 0.3) is 10.1 Å². The van der Waals surface area contributed by atoms with E-state index in [1.165, 1.54) is 45.5 Å². The van der Waals surface area contributed by atoms with Gasteiger partial charge in [-0.15, -0.1) is 17.9 Å². The van der Waals surface area contributed by atoms with Crippen molar-refractivity contribution in [1.82, 2.24) is 25.1 Å². The summed E-state index contributed by atoms with van der Waals surface area (Å²) in [5.41, 5.74) is 9.02. The van der Waals surface area contributed by atoms with E-state index in [4.69, 9.17) is 5.73 Å². The SMILES string of the molecule is C=CCN1CC(=O)N2[C@@H](Cc3ccc(OP(=O)([O-])[O-])cc3)C(=O)N(Cc3csc4cc(N)ccc34)C[C@@H]2N1C(=O)NCc1ccccc1.[Na+].[Na+]. The Balaban J connectivity index is 0.00000281. The van der Waals surface area contributed by atoms with Gasteiger partial charge in [-0.3, -0.25) is 9.59 Å². The summed E-state index contributed by atoms with van der Waals surface area (Å²) in [6, 6.07) is 19.3. The van der Waals surface area contributed by atoms with Gasteiger partial charge >= 0.3 is 65.1 Å². The molecule has 2 aliphatic rings. The number of phosphoric acid groups is 1. The molecule has 2 saturated heterocycles. The fraction of sp³-hybridized carbons (Fsp3) is 0.242. The van der Waals surface area contributed by atoms with Gasteiger partial charge in [0.15, 0.2) is 0 Å². The van der Waals surface area contributed by atoms with Crippen LogP contribution >= 0.6 is 19.2 Å². The molecule has 6 rings (SSSR count). The van der Waals surface area contributed by atoms with Crippen LogP contribution in [0, 0.1) is 0 Å². The quantitative estimate of drug-likeness (QED) is 0.0724. The van der Waals surface area contributed by atoms with Crippen LogP contribution in [0.15, 0.2) is 90.8 Å². The predicted octanol–water partition coefficient (Wildman–Crippen LogP) is -3.56. The zero-order valence-electron chi connectivity index (χ0n) is 27.8. The summed E-state index contributed by atoms with van der Waals surface area (Å²) >= 11 is 1.51. The first-order valence-corrected chi connectivity index (χ1v) is 17.5. The molecule has 2 atom stereocenters. The number of nitrogen functional groups attached to an aromatic ring is 1. The van der Waals surface area contributed by atoms with Crippen molar-refractivity contribution in [3.05, 3.63) is 108 Å². The molecule has 1 aromatic heterocycles. The maximum absolute atomic E-state index is 14.3. The Hall–Kier alpha value is -2.72. The van der Waals surface area contributed by atoms with Crippen molar-refractivity contribution in [3.8, 4) is 5.75 Å². The van der Waals surface area contributed by atoms with Crippen molar-refractivity contribution in [3.63, 3.8) is 0 Å². The molecule has 250 valence electrons. The van der Waals surface area contributed by atoms with Crippen LogP contribution in [0.2, 0.25) is 0 Å². The summed E-state index contributed by atoms with van der Waals surface area (Å²) < 4.78 is 16.5. The monoisotopic (exact) mass is 734 g/mol. The second-order valence-electron chi connectivity index (χ2n) is 11.5. The Kier molecular flexibility index (Phi) is 13.8. The van der Waals surface area contributed by atoms with Crippen LogP contribution in [0.1, 0.15) is 16.7 Å². The number of hydrogen-bond donors (Lipinski definition) is 2. The molecule has 4 aromatic rings. The Bertz CT molecular complexity index is 1890. The molecule has 0 radical (unpaired) electrons. The first-order chi connectivity index (χ1) is 23.0. The second kappa shape index (κ2) is 17.2. The molecule has 0 aliphatic carbocycles. The number of amides is 4. The number of hydrogen-bond acceptors (Lipinski definition) is 10. The van der Waals surface area contributed by atoms with Crippen LogP contribution in [0.4, 0.5) is 10.5 Å². The third-order valence-corrected chi connectivity index (χ3v) is 9.70. The molecule has 50 heavy (non-hydrogen) atoms. The van der Waals surface area contributed by atoms with Gasteiger partial charge in [-0.2, -0.15) is 0 Å². The molecule has 2 aliphatic heterocycles. The van der Waals surface area contributed by atoms with Crippen LogP contribution in [0.5, 0.6) is 5.75 Å². The van der Waals surface area contributed by atoms with E-state index >= 15 is 0 Å². The Morgan fingerprint density at radius 2 is 1.78 bits per heavy atom. The summed E-state index contributed by atoms with van der Waals surface area (Å²) in [5.74, 6) is -0.802. The average molecular weight is 735 g/mol. The number of carbonyl (C=O) groups excluding carboxylic acids is 3. The number of rotatable bonds is 10. The van der Waals surface area contributed by atoms with E-state index < -0.39 is 26.1 Å². The second-order valence-corrected chi connectivity index (χ2v) is 13.5. The number of carbonyl (C=O) groups is 3. The van der Waals surface area contributed by atoms with Gasteiger partial charge in [-0.1, -0.05) is 54.6 Å². The standard InChI is InChI=1S/C33H35N6O7PS.2Na/c1-2-14-37-20-31(40)38-28(15-22-8-11-26(12-9-22)46-47(43,44)45)32(41)36(18-24-21-48-29-16-25(34)10-13-27(24)29)19-30(38)39(37)33(42)35-17-23-6-4-3-5-7-23;;/h2-13,16,21,28,30H,1,14-15,17-20,34H2,(H,35,42)(H2,43,44,45);;/q;2*+1/p-2/t28-,30-;;/m0../s1. The first kappa shape index (κ1) is 40.1. The number of urea groups is 1. The number of hydrazine groups is 1. The summed E-state index contributed by atoms with van der Waals surface area (Å²) in [6.45, 7) is 4.41. The summed E-state index contributed by atoms with van der Waals surface area (Å²) in [6.07, 6.45) is 0.824. The zero-order chi connectivity index (χ0) is 34.0. The summed E-state index contributed by atoms with van der Waals surface area (Å²) in [4.78, 5) is 67.4. The van der Waals surface area contributed by atoms with Crippen molar-refractivity contribution in [2.24, 2.45) is 0 Å². The van der Waals surface area contributed by atoms with Crippen molar-refractivity contribution in [2.75, 3.05) is 25.4 Å². The fourth-order valence-corrected chi connectivity index (χ4v) is 7.55. The number of nitrogens with one attached hydrogen (secondary N) is 1. The van der Waals surface area contributed by atoms with Crippen molar-refractivity contribution < 1.29 is 92.4 Å². The molecule has 0 saturated carbocycles. The van der Waals surface area contributed by atoms with E-state index in [1.807, 2.05) is 47.8 Å². The molecular weight excluding hydrogens is 701 g/mol. The number of phosphoric ester groups is 1. The Morgan fingerprint density at radius 3 is 2.46 bits per heavy atom. The van der Waals surface area contributed by atoms with Gasteiger partial charge in [0.05, 0.1) is 13.1 Å². The third-order valence-electron chi connectivity index (χ3n) is 8.28. The van der Waals surface area contributed by atoms with Gasteiger partial charge in [0, 0.05) is 36.4 Å². The smallest absolute Gasteiger partial charge is 0.780 e. The number of nitrogens with two attached hydrogens (primary N) is 1. The first-order valence-electron chi connectivity index (χ1n) is 15.1. The van der Waals surface area contributed by atoms with Crippen LogP contribution in [-0.2, 0) is 33.7 Å². The maximum Gasteiger partial charge on any atom is 1.00 e. The predicted molar refractivity (Wildman–Crippen MR) is 177 cm³/mol. The van der Waals surface area contributed by atoms with Crippen LogP contribution in [-0.4, -0.2) is 69.5 Å². The van der Waals surface area contributed by atoms with E-state index in [-0.39, 0.29) is 116 Å². The van der Waals surface area contributed by atoms with Gasteiger partial charge in [-0.05, 0) is 51.7 Å². The van der Waals surface area contributed by atoms with E-state index in [2.05, 4.69) is 16.4 Å². The molecular formula is C33H33N6Na2O7PS. The molecule has 13 nitrogen and oxygen atoms in total. The van der Waals surface area contributed by atoms with Crippen LogP contribution in [0.3, 0.4) is 0 Å². The average Bonchev–Trinajstić information content (AvgIpc) is 3.44. The molecule has 0 bridgehead atoms.